The molecule has 0 aliphatic rings. The van der Waals surface area contributed by atoms with Gasteiger partial charge in [0, 0.05) is 26.9 Å². The molecule has 38 heavy (non-hydrogen) atoms. The van der Waals surface area contributed by atoms with Gasteiger partial charge in [0.2, 0.25) is 0 Å². The van der Waals surface area contributed by atoms with E-state index in [1.807, 2.05) is 36.4 Å². The van der Waals surface area contributed by atoms with E-state index in [2.05, 4.69) is 10.4 Å². The lowest BCUT2D eigenvalue weighted by molar-refractivity contribution is -0.118. The molecule has 0 fully saturated rings. The van der Waals surface area contributed by atoms with Gasteiger partial charge in [-0.3, -0.25) is 9.59 Å². The summed E-state index contributed by atoms with van der Waals surface area (Å²) in [5.74, 6) is 0.399. The third kappa shape index (κ3) is 5.75. The number of para-hydroxylation sites is 1. The predicted molar refractivity (Wildman–Crippen MR) is 151 cm³/mol. The standard InChI is InChI=1S/C29H20Cl2N4O3/c30-21-10-13-23(14-11-21)33-27(36)18-38-26-15-12-22(31)16-20(26)17-32-35-28(19-6-2-1-3-7-19)34-25-9-5-4-8-24(25)29(35)37/h1-17H,18H2,(H,33,36). The minimum atomic E-state index is -0.355. The molecule has 0 unspecified atom stereocenters. The molecule has 0 spiro atoms. The van der Waals surface area contributed by atoms with E-state index in [0.717, 1.165) is 5.56 Å². The lowest BCUT2D eigenvalue weighted by atomic mass is 10.2. The number of amides is 1. The van der Waals surface area contributed by atoms with Gasteiger partial charge in [-0.15, -0.1) is 0 Å². The van der Waals surface area contributed by atoms with Crippen LogP contribution in [0, 0.1) is 0 Å². The maximum atomic E-state index is 13.4. The Balaban J connectivity index is 1.45. The van der Waals surface area contributed by atoms with Crippen molar-refractivity contribution in [3.8, 4) is 17.1 Å². The van der Waals surface area contributed by atoms with Crippen LogP contribution in [0.15, 0.2) is 107 Å². The number of aromatic nitrogens is 2. The number of hydrogen-bond acceptors (Lipinski definition) is 5. The Kier molecular flexibility index (Phi) is 7.49. The molecule has 0 atom stereocenters. The normalized spacial score (nSPS) is 11.1. The van der Waals surface area contributed by atoms with Crippen molar-refractivity contribution in [3.63, 3.8) is 0 Å². The number of carbonyl (C=O) groups is 1. The monoisotopic (exact) mass is 542 g/mol. The number of nitrogens with one attached hydrogen (secondary N) is 1. The summed E-state index contributed by atoms with van der Waals surface area (Å²) in [5, 5.41) is 8.66. The Morgan fingerprint density at radius 2 is 1.63 bits per heavy atom. The highest BCUT2D eigenvalue weighted by molar-refractivity contribution is 6.31. The van der Waals surface area contributed by atoms with Crippen molar-refractivity contribution in [3.05, 3.63) is 123 Å². The van der Waals surface area contributed by atoms with Crippen LogP contribution in [0.3, 0.4) is 0 Å². The Morgan fingerprint density at radius 3 is 2.42 bits per heavy atom. The van der Waals surface area contributed by atoms with Crippen molar-refractivity contribution >= 4 is 51.9 Å². The second-order valence-electron chi connectivity index (χ2n) is 8.21. The highest BCUT2D eigenvalue weighted by atomic mass is 35.5. The van der Waals surface area contributed by atoms with Crippen molar-refractivity contribution in [2.24, 2.45) is 5.10 Å². The molecule has 4 aromatic carbocycles. The zero-order chi connectivity index (χ0) is 26.5. The van der Waals surface area contributed by atoms with Crippen LogP contribution in [-0.2, 0) is 4.79 Å². The number of fused-ring (bicyclic) bond motifs is 1. The average molecular weight is 543 g/mol. The highest BCUT2D eigenvalue weighted by Gasteiger charge is 2.13. The van der Waals surface area contributed by atoms with Crippen LogP contribution in [0.1, 0.15) is 5.56 Å². The van der Waals surface area contributed by atoms with Gasteiger partial charge >= 0.3 is 0 Å². The first-order valence-corrected chi connectivity index (χ1v) is 12.3. The van der Waals surface area contributed by atoms with E-state index in [1.54, 1.807) is 60.7 Å². The van der Waals surface area contributed by atoms with Crippen LogP contribution in [0.5, 0.6) is 5.75 Å². The maximum Gasteiger partial charge on any atom is 0.282 e. The van der Waals surface area contributed by atoms with Crippen LogP contribution in [-0.4, -0.2) is 28.4 Å². The largest absolute Gasteiger partial charge is 0.483 e. The van der Waals surface area contributed by atoms with Crippen molar-refractivity contribution in [2.45, 2.75) is 0 Å². The summed E-state index contributed by atoms with van der Waals surface area (Å²) in [6.07, 6.45) is 1.46. The van der Waals surface area contributed by atoms with E-state index in [9.17, 15) is 9.59 Å². The molecule has 0 bridgehead atoms. The number of hydrogen-bond donors (Lipinski definition) is 1. The molecule has 0 aliphatic carbocycles. The number of nitrogens with zero attached hydrogens (tertiary/aromatic N) is 3. The first-order valence-electron chi connectivity index (χ1n) is 11.6. The third-order valence-electron chi connectivity index (χ3n) is 5.56. The minimum Gasteiger partial charge on any atom is -0.483 e. The molecule has 1 N–H and O–H groups in total. The molecular weight excluding hydrogens is 523 g/mol. The Labute approximate surface area is 227 Å². The fourth-order valence-corrected chi connectivity index (χ4v) is 4.06. The van der Waals surface area contributed by atoms with Crippen LogP contribution < -0.4 is 15.6 Å². The number of halogens is 2. The van der Waals surface area contributed by atoms with Crippen molar-refractivity contribution in [1.29, 1.82) is 0 Å². The van der Waals surface area contributed by atoms with Gasteiger partial charge in [0.05, 0.1) is 17.1 Å². The van der Waals surface area contributed by atoms with E-state index in [1.165, 1.54) is 10.9 Å². The zero-order valence-corrected chi connectivity index (χ0v) is 21.4. The van der Waals surface area contributed by atoms with Gasteiger partial charge in [-0.25, -0.2) is 4.98 Å². The van der Waals surface area contributed by atoms with E-state index in [-0.39, 0.29) is 18.1 Å². The molecule has 1 amide bonds. The summed E-state index contributed by atoms with van der Waals surface area (Å²) in [6.45, 7) is -0.252. The van der Waals surface area contributed by atoms with Gasteiger partial charge in [-0.2, -0.15) is 9.78 Å². The summed E-state index contributed by atoms with van der Waals surface area (Å²) < 4.78 is 7.01. The molecule has 7 nitrogen and oxygen atoms in total. The molecule has 0 aliphatic heterocycles. The summed E-state index contributed by atoms with van der Waals surface area (Å²) in [5.41, 5.74) is 2.06. The molecule has 0 radical (unpaired) electrons. The van der Waals surface area contributed by atoms with Crippen LogP contribution in [0.25, 0.3) is 22.3 Å². The Morgan fingerprint density at radius 1 is 0.921 bits per heavy atom. The van der Waals surface area contributed by atoms with Gasteiger partial charge in [0.15, 0.2) is 12.4 Å². The van der Waals surface area contributed by atoms with Crippen molar-refractivity contribution in [2.75, 3.05) is 11.9 Å². The minimum absolute atomic E-state index is 0.252. The Bertz CT molecular complexity index is 1700. The molecule has 5 aromatic rings. The quantitative estimate of drug-likeness (QED) is 0.245. The molecule has 0 saturated carbocycles. The second-order valence-corrected chi connectivity index (χ2v) is 9.08. The highest BCUT2D eigenvalue weighted by Crippen LogP contribution is 2.23. The lowest BCUT2D eigenvalue weighted by Gasteiger charge is -2.11. The van der Waals surface area contributed by atoms with Gasteiger partial charge in [0.1, 0.15) is 5.75 Å². The molecule has 1 heterocycles. The van der Waals surface area contributed by atoms with Gasteiger partial charge < -0.3 is 10.1 Å². The van der Waals surface area contributed by atoms with Crippen molar-refractivity contribution in [1.82, 2.24) is 9.66 Å². The predicted octanol–water partition coefficient (Wildman–Crippen LogP) is 6.27. The lowest BCUT2D eigenvalue weighted by Crippen LogP contribution is -2.21. The molecule has 5 rings (SSSR count). The SMILES string of the molecule is O=C(COc1ccc(Cl)cc1C=Nn1c(-c2ccccc2)nc2ccccc2c1=O)Nc1ccc(Cl)cc1. The first kappa shape index (κ1) is 25.2. The van der Waals surface area contributed by atoms with Crippen LogP contribution in [0.4, 0.5) is 5.69 Å². The smallest absolute Gasteiger partial charge is 0.282 e. The number of rotatable bonds is 7. The van der Waals surface area contributed by atoms with E-state index in [0.29, 0.717) is 43.8 Å². The summed E-state index contributed by atoms with van der Waals surface area (Å²) in [6, 6.07) is 28.1. The second kappa shape index (κ2) is 11.3. The van der Waals surface area contributed by atoms with E-state index in [4.69, 9.17) is 32.9 Å². The number of benzene rings is 4. The number of anilines is 1. The summed E-state index contributed by atoms with van der Waals surface area (Å²) in [7, 11) is 0. The molecular formula is C29H20Cl2N4O3. The molecule has 1 aromatic heterocycles. The number of carbonyl (C=O) groups excluding carboxylic acids is 1. The van der Waals surface area contributed by atoms with Gasteiger partial charge in [0.25, 0.3) is 11.5 Å². The van der Waals surface area contributed by atoms with Crippen molar-refractivity contribution < 1.29 is 9.53 Å². The van der Waals surface area contributed by atoms with Gasteiger partial charge in [-0.05, 0) is 54.6 Å². The molecule has 9 heteroatoms. The maximum absolute atomic E-state index is 13.4. The third-order valence-corrected chi connectivity index (χ3v) is 6.04. The zero-order valence-electron chi connectivity index (χ0n) is 19.8. The fourth-order valence-electron chi connectivity index (χ4n) is 3.75. The van der Waals surface area contributed by atoms with Gasteiger partial charge in [-0.1, -0.05) is 65.7 Å². The molecule has 188 valence electrons. The Hall–Kier alpha value is -4.46. The van der Waals surface area contributed by atoms with Crippen LogP contribution >= 0.6 is 23.2 Å². The average Bonchev–Trinajstić information content (AvgIpc) is 2.93. The summed E-state index contributed by atoms with van der Waals surface area (Å²) in [4.78, 5) is 30.5. The topological polar surface area (TPSA) is 85.6 Å². The fraction of sp³-hybridized carbons (Fsp3) is 0.0345. The van der Waals surface area contributed by atoms with E-state index < -0.39 is 0 Å². The number of ether oxygens (including phenoxy) is 1. The van der Waals surface area contributed by atoms with Crippen LogP contribution in [0.2, 0.25) is 10.0 Å². The summed E-state index contributed by atoms with van der Waals surface area (Å²) >= 11 is 12.1. The molecule has 0 saturated heterocycles. The van der Waals surface area contributed by atoms with E-state index >= 15 is 0 Å². The first-order chi connectivity index (χ1) is 18.5.